The molecule has 1 fully saturated rings. The van der Waals surface area contributed by atoms with Crippen molar-refractivity contribution in [1.29, 1.82) is 0 Å². The molecule has 1 saturated carbocycles. The van der Waals surface area contributed by atoms with Gasteiger partial charge in [-0.15, -0.1) is 13.2 Å². The molecule has 6 nitrogen and oxygen atoms in total. The van der Waals surface area contributed by atoms with Crippen LogP contribution in [0, 0.1) is 0 Å². The Morgan fingerprint density at radius 3 is 2.56 bits per heavy atom. The summed E-state index contributed by atoms with van der Waals surface area (Å²) in [7, 11) is 0. The van der Waals surface area contributed by atoms with Crippen molar-refractivity contribution in [3.8, 4) is 17.0 Å². The SMILES string of the molecule is FC(F)(F)Oc1cccc(-c2cc(NCc3ccccn3)nc(NC3CCCCC3)n2)c1. The summed E-state index contributed by atoms with van der Waals surface area (Å²) in [6.45, 7) is 0.456. The molecule has 2 aromatic heterocycles. The minimum atomic E-state index is -4.76. The Morgan fingerprint density at radius 2 is 1.81 bits per heavy atom. The van der Waals surface area contributed by atoms with Gasteiger partial charge >= 0.3 is 6.36 Å². The zero-order chi connectivity index (χ0) is 22.4. The predicted octanol–water partition coefficient (Wildman–Crippen LogP) is 5.79. The number of hydrogen-bond acceptors (Lipinski definition) is 6. The van der Waals surface area contributed by atoms with Crippen LogP contribution in [0.2, 0.25) is 0 Å². The first-order valence-electron chi connectivity index (χ1n) is 10.6. The van der Waals surface area contributed by atoms with Gasteiger partial charge in [-0.2, -0.15) is 4.98 Å². The van der Waals surface area contributed by atoms with Crippen molar-refractivity contribution in [2.75, 3.05) is 10.6 Å². The summed E-state index contributed by atoms with van der Waals surface area (Å²) in [4.78, 5) is 13.4. The van der Waals surface area contributed by atoms with Gasteiger partial charge in [-0.1, -0.05) is 37.5 Å². The maximum atomic E-state index is 12.7. The van der Waals surface area contributed by atoms with E-state index in [1.54, 1.807) is 18.3 Å². The lowest BCUT2D eigenvalue weighted by atomic mass is 9.96. The van der Waals surface area contributed by atoms with E-state index in [1.165, 1.54) is 24.6 Å². The largest absolute Gasteiger partial charge is 0.573 e. The lowest BCUT2D eigenvalue weighted by Crippen LogP contribution is -2.23. The summed E-state index contributed by atoms with van der Waals surface area (Å²) in [5.41, 5.74) is 1.84. The van der Waals surface area contributed by atoms with Crippen molar-refractivity contribution in [3.05, 3.63) is 60.4 Å². The molecule has 1 aliphatic carbocycles. The fourth-order valence-corrected chi connectivity index (χ4v) is 3.72. The number of hydrogen-bond donors (Lipinski definition) is 2. The van der Waals surface area contributed by atoms with Crippen LogP contribution in [0.5, 0.6) is 5.75 Å². The van der Waals surface area contributed by atoms with Gasteiger partial charge in [-0.25, -0.2) is 4.98 Å². The summed E-state index contributed by atoms with van der Waals surface area (Å²) in [5.74, 6) is 0.708. The van der Waals surface area contributed by atoms with Crippen LogP contribution in [0.3, 0.4) is 0 Å². The summed E-state index contributed by atoms with van der Waals surface area (Å²) in [6.07, 6.45) is 2.57. The van der Waals surface area contributed by atoms with Crippen LogP contribution < -0.4 is 15.4 Å². The Labute approximate surface area is 184 Å². The number of rotatable bonds is 7. The van der Waals surface area contributed by atoms with Crippen molar-refractivity contribution in [2.45, 2.75) is 51.1 Å². The van der Waals surface area contributed by atoms with Gasteiger partial charge in [0.1, 0.15) is 11.6 Å². The zero-order valence-corrected chi connectivity index (χ0v) is 17.4. The molecule has 0 unspecified atom stereocenters. The predicted molar refractivity (Wildman–Crippen MR) is 116 cm³/mol. The number of ether oxygens (including phenoxy) is 1. The molecule has 2 heterocycles. The van der Waals surface area contributed by atoms with E-state index >= 15 is 0 Å². The topological polar surface area (TPSA) is 72.0 Å². The lowest BCUT2D eigenvalue weighted by Gasteiger charge is -2.23. The van der Waals surface area contributed by atoms with E-state index in [-0.39, 0.29) is 11.8 Å². The van der Waals surface area contributed by atoms with Gasteiger partial charge < -0.3 is 15.4 Å². The number of nitrogens with zero attached hydrogens (tertiary/aromatic N) is 3. The Hall–Kier alpha value is -3.36. The molecule has 3 aromatic rings. The molecule has 0 atom stereocenters. The van der Waals surface area contributed by atoms with Gasteiger partial charge in [-0.05, 0) is 37.1 Å². The van der Waals surface area contributed by atoms with Crippen molar-refractivity contribution in [1.82, 2.24) is 15.0 Å². The molecular formula is C23H24F3N5O. The Kier molecular flexibility index (Phi) is 6.72. The van der Waals surface area contributed by atoms with Crippen LogP contribution in [-0.2, 0) is 6.54 Å². The molecule has 0 saturated heterocycles. The first-order valence-corrected chi connectivity index (χ1v) is 10.6. The molecule has 0 radical (unpaired) electrons. The van der Waals surface area contributed by atoms with E-state index < -0.39 is 6.36 Å². The van der Waals surface area contributed by atoms with Crippen LogP contribution in [0.15, 0.2) is 54.7 Å². The Balaban J connectivity index is 1.61. The highest BCUT2D eigenvalue weighted by Gasteiger charge is 2.31. The van der Waals surface area contributed by atoms with Gasteiger partial charge in [0, 0.05) is 23.9 Å². The highest BCUT2D eigenvalue weighted by molar-refractivity contribution is 5.66. The zero-order valence-electron chi connectivity index (χ0n) is 17.4. The summed E-state index contributed by atoms with van der Waals surface area (Å²) in [5, 5.41) is 6.63. The average Bonchev–Trinajstić information content (AvgIpc) is 2.78. The second kappa shape index (κ2) is 9.84. The van der Waals surface area contributed by atoms with Crippen molar-refractivity contribution < 1.29 is 17.9 Å². The van der Waals surface area contributed by atoms with E-state index in [2.05, 4.69) is 30.3 Å². The second-order valence-electron chi connectivity index (χ2n) is 7.69. The van der Waals surface area contributed by atoms with E-state index in [0.29, 0.717) is 29.6 Å². The normalized spacial score (nSPS) is 14.7. The Morgan fingerprint density at radius 1 is 0.969 bits per heavy atom. The third-order valence-corrected chi connectivity index (χ3v) is 5.20. The molecule has 1 aromatic carbocycles. The summed E-state index contributed by atoms with van der Waals surface area (Å²) in [6, 6.07) is 13.4. The molecule has 9 heteroatoms. The first kappa shape index (κ1) is 21.9. The fraction of sp³-hybridized carbons (Fsp3) is 0.348. The summed E-state index contributed by atoms with van der Waals surface area (Å²) >= 11 is 0. The van der Waals surface area contributed by atoms with E-state index in [1.807, 2.05) is 18.2 Å². The number of alkyl halides is 3. The number of nitrogens with one attached hydrogen (secondary N) is 2. The van der Waals surface area contributed by atoms with Crippen molar-refractivity contribution >= 4 is 11.8 Å². The molecule has 168 valence electrons. The Bertz CT molecular complexity index is 1020. The minimum absolute atomic E-state index is 0.280. The van der Waals surface area contributed by atoms with E-state index in [0.717, 1.165) is 31.4 Å². The summed E-state index contributed by atoms with van der Waals surface area (Å²) < 4.78 is 42.0. The van der Waals surface area contributed by atoms with Gasteiger partial charge in [-0.3, -0.25) is 4.98 Å². The molecule has 4 rings (SSSR count). The van der Waals surface area contributed by atoms with Gasteiger partial charge in [0.25, 0.3) is 0 Å². The van der Waals surface area contributed by atoms with Crippen LogP contribution in [-0.4, -0.2) is 27.4 Å². The van der Waals surface area contributed by atoms with Crippen LogP contribution >= 0.6 is 0 Å². The minimum Gasteiger partial charge on any atom is -0.406 e. The van der Waals surface area contributed by atoms with Gasteiger partial charge in [0.2, 0.25) is 5.95 Å². The lowest BCUT2D eigenvalue weighted by molar-refractivity contribution is -0.274. The number of anilines is 2. The molecular weight excluding hydrogens is 419 g/mol. The van der Waals surface area contributed by atoms with Crippen LogP contribution in [0.25, 0.3) is 11.3 Å². The quantitative estimate of drug-likeness (QED) is 0.481. The third-order valence-electron chi connectivity index (χ3n) is 5.20. The molecule has 0 amide bonds. The first-order chi connectivity index (χ1) is 15.4. The third kappa shape index (κ3) is 6.32. The molecule has 1 aliphatic rings. The van der Waals surface area contributed by atoms with E-state index in [9.17, 15) is 13.2 Å². The van der Waals surface area contributed by atoms with E-state index in [4.69, 9.17) is 0 Å². The van der Waals surface area contributed by atoms with Crippen LogP contribution in [0.1, 0.15) is 37.8 Å². The molecule has 32 heavy (non-hydrogen) atoms. The average molecular weight is 443 g/mol. The molecule has 0 bridgehead atoms. The van der Waals surface area contributed by atoms with Crippen molar-refractivity contribution in [2.24, 2.45) is 0 Å². The monoisotopic (exact) mass is 443 g/mol. The van der Waals surface area contributed by atoms with Crippen molar-refractivity contribution in [3.63, 3.8) is 0 Å². The smallest absolute Gasteiger partial charge is 0.406 e. The number of pyridine rings is 1. The maximum Gasteiger partial charge on any atom is 0.573 e. The van der Waals surface area contributed by atoms with Gasteiger partial charge in [0.15, 0.2) is 0 Å². The van der Waals surface area contributed by atoms with Crippen LogP contribution in [0.4, 0.5) is 24.9 Å². The maximum absolute atomic E-state index is 12.7. The second-order valence-corrected chi connectivity index (χ2v) is 7.69. The molecule has 0 aliphatic heterocycles. The fourth-order valence-electron chi connectivity index (χ4n) is 3.72. The number of halogens is 3. The molecule has 0 spiro atoms. The molecule has 2 N–H and O–H groups in total. The van der Waals surface area contributed by atoms with Gasteiger partial charge in [0.05, 0.1) is 17.9 Å². The highest BCUT2D eigenvalue weighted by atomic mass is 19.4. The highest BCUT2D eigenvalue weighted by Crippen LogP contribution is 2.29. The standard InChI is InChI=1S/C23H24F3N5O/c24-23(25,26)32-19-11-6-7-16(13-19)20-14-21(28-15-18-10-4-5-12-27-18)31-22(30-20)29-17-8-2-1-3-9-17/h4-7,10-14,17H,1-3,8-9,15H2,(H2,28,29,30,31). The number of aromatic nitrogens is 3. The number of benzene rings is 1.